The quantitative estimate of drug-likeness (QED) is 0.416. The molecule has 2 aromatic rings. The molecule has 0 radical (unpaired) electrons. The van der Waals surface area contributed by atoms with Gasteiger partial charge in [-0.05, 0) is 63.1 Å². The molecule has 0 fully saturated rings. The van der Waals surface area contributed by atoms with Crippen molar-refractivity contribution in [2.45, 2.75) is 38.8 Å². The molecule has 0 aliphatic heterocycles. The lowest BCUT2D eigenvalue weighted by Crippen LogP contribution is -2.25. The highest BCUT2D eigenvalue weighted by atomic mass is 35.5. The highest BCUT2D eigenvalue weighted by Crippen LogP contribution is 2.27. The fourth-order valence-electron chi connectivity index (χ4n) is 2.57. The molecular weight excluding hydrogens is 400 g/mol. The van der Waals surface area contributed by atoms with Crippen LogP contribution in [-0.2, 0) is 9.53 Å². The lowest BCUT2D eigenvalue weighted by molar-refractivity contribution is -0.143. The first-order valence-electron chi connectivity index (χ1n) is 8.51. The molecule has 0 bridgehead atoms. The van der Waals surface area contributed by atoms with E-state index in [4.69, 9.17) is 22.1 Å². The maximum atomic E-state index is 12.3. The number of primary amides is 1. The van der Waals surface area contributed by atoms with E-state index < -0.39 is 18.0 Å². The topological polar surface area (TPSA) is 99.3 Å². The van der Waals surface area contributed by atoms with E-state index >= 15 is 0 Å². The maximum Gasteiger partial charge on any atom is 0.317 e. The second-order valence-electron chi connectivity index (χ2n) is 6.28. The average Bonchev–Trinajstić information content (AvgIpc) is 2.64. The molecule has 0 spiro atoms. The number of aromatic nitrogens is 1. The van der Waals surface area contributed by atoms with Crippen LogP contribution in [0.1, 0.15) is 44.5 Å². The minimum Gasteiger partial charge on any atom is -0.454 e. The number of aryl methyl sites for hydroxylation is 1. The Hall–Kier alpha value is -2.38. The summed E-state index contributed by atoms with van der Waals surface area (Å²) in [5.41, 5.74) is 8.54. The summed E-state index contributed by atoms with van der Waals surface area (Å²) in [6.07, 6.45) is -0.945. The lowest BCUT2D eigenvalue weighted by atomic mass is 10.0. The Kier molecular flexibility index (Phi) is 7.21. The number of hydrogen-bond donors (Lipinski definition) is 1. The molecule has 1 aromatic heterocycles. The summed E-state index contributed by atoms with van der Waals surface area (Å²) in [5, 5.41) is 0.890. The van der Waals surface area contributed by atoms with Crippen LogP contribution in [0.15, 0.2) is 29.3 Å². The van der Waals surface area contributed by atoms with Gasteiger partial charge in [-0.15, -0.1) is 0 Å². The van der Waals surface area contributed by atoms with Gasteiger partial charge in [0, 0.05) is 16.3 Å². The molecule has 6 nitrogen and oxygen atoms in total. The van der Waals surface area contributed by atoms with Gasteiger partial charge in [0.15, 0.2) is 6.10 Å². The molecular formula is C20H21ClN2O4S. The average molecular weight is 421 g/mol. The van der Waals surface area contributed by atoms with Crippen LogP contribution in [-0.4, -0.2) is 34.5 Å². The van der Waals surface area contributed by atoms with Crippen LogP contribution in [0.3, 0.4) is 0 Å². The first kappa shape index (κ1) is 21.9. The number of Topliss-reactive ketones (excluding diaryl/α,β-unsaturated/α-hetero) is 1. The van der Waals surface area contributed by atoms with E-state index in [1.54, 1.807) is 31.2 Å². The number of pyridine rings is 1. The van der Waals surface area contributed by atoms with E-state index in [0.29, 0.717) is 21.2 Å². The third kappa shape index (κ3) is 5.11. The number of ketones is 1. The van der Waals surface area contributed by atoms with Crippen LogP contribution >= 0.6 is 23.4 Å². The zero-order chi connectivity index (χ0) is 21.0. The molecule has 0 unspecified atom stereocenters. The van der Waals surface area contributed by atoms with Crippen molar-refractivity contribution in [1.29, 1.82) is 0 Å². The molecule has 2 N–H and O–H groups in total. The van der Waals surface area contributed by atoms with Gasteiger partial charge < -0.3 is 10.5 Å². The van der Waals surface area contributed by atoms with Crippen LogP contribution in [0.2, 0.25) is 5.02 Å². The maximum absolute atomic E-state index is 12.3. The summed E-state index contributed by atoms with van der Waals surface area (Å²) in [6, 6.07) is 6.34. The predicted octanol–water partition coefficient (Wildman–Crippen LogP) is 3.67. The fraction of sp³-hybridized carbons (Fsp3) is 0.300. The van der Waals surface area contributed by atoms with Gasteiger partial charge in [0.2, 0.25) is 5.78 Å². The summed E-state index contributed by atoms with van der Waals surface area (Å²) in [6.45, 7) is 6.98. The minimum atomic E-state index is -0.945. The van der Waals surface area contributed by atoms with Crippen molar-refractivity contribution in [2.75, 3.05) is 5.75 Å². The second kappa shape index (κ2) is 9.21. The van der Waals surface area contributed by atoms with Crippen molar-refractivity contribution in [3.8, 4) is 0 Å². The Bertz CT molecular complexity index is 929. The van der Waals surface area contributed by atoms with Gasteiger partial charge in [-0.1, -0.05) is 23.4 Å². The van der Waals surface area contributed by atoms with E-state index in [-0.39, 0.29) is 11.5 Å². The number of hydrogen-bond acceptors (Lipinski definition) is 6. The van der Waals surface area contributed by atoms with Gasteiger partial charge in [0.1, 0.15) is 5.03 Å². The number of benzene rings is 1. The van der Waals surface area contributed by atoms with Crippen molar-refractivity contribution in [2.24, 2.45) is 5.73 Å². The van der Waals surface area contributed by atoms with Gasteiger partial charge in [0.25, 0.3) is 5.91 Å². The lowest BCUT2D eigenvalue weighted by Gasteiger charge is -2.14. The fourth-order valence-corrected chi connectivity index (χ4v) is 3.61. The van der Waals surface area contributed by atoms with Gasteiger partial charge in [-0.2, -0.15) is 0 Å². The van der Waals surface area contributed by atoms with E-state index in [1.807, 2.05) is 13.8 Å². The SMILES string of the molecule is Cc1nc(SCC(=O)O[C@@H](C)C(=O)c2ccc(Cl)cc2)c(C(N)=O)c(C)c1C. The van der Waals surface area contributed by atoms with Crippen LogP contribution in [0.5, 0.6) is 0 Å². The standard InChI is InChI=1S/C20H21ClN2O4S/c1-10-11(2)17(19(22)26)20(23-12(10)3)28-9-16(24)27-13(4)18(25)14-5-7-15(21)8-6-14/h5-8,13H,9H2,1-4H3,(H2,22,26)/t13-/m0/s1. The molecule has 148 valence electrons. The smallest absolute Gasteiger partial charge is 0.317 e. The summed E-state index contributed by atoms with van der Waals surface area (Å²) in [7, 11) is 0. The monoisotopic (exact) mass is 420 g/mol. The summed E-state index contributed by atoms with van der Waals surface area (Å²) < 4.78 is 5.22. The summed E-state index contributed by atoms with van der Waals surface area (Å²) >= 11 is 6.87. The summed E-state index contributed by atoms with van der Waals surface area (Å²) in [4.78, 5) is 40.7. The highest BCUT2D eigenvalue weighted by molar-refractivity contribution is 8.00. The van der Waals surface area contributed by atoms with Crippen molar-refractivity contribution < 1.29 is 19.1 Å². The molecule has 0 aliphatic carbocycles. The van der Waals surface area contributed by atoms with Crippen LogP contribution in [0.25, 0.3) is 0 Å². The predicted molar refractivity (Wildman–Crippen MR) is 109 cm³/mol. The van der Waals surface area contributed by atoms with Crippen molar-refractivity contribution >= 4 is 41.0 Å². The first-order chi connectivity index (χ1) is 13.1. The molecule has 1 amide bonds. The number of halogens is 1. The van der Waals surface area contributed by atoms with Crippen LogP contribution in [0.4, 0.5) is 0 Å². The number of carbonyl (C=O) groups excluding carboxylic acids is 3. The van der Waals surface area contributed by atoms with E-state index in [1.165, 1.54) is 6.92 Å². The van der Waals surface area contributed by atoms with Crippen LogP contribution < -0.4 is 5.73 Å². The third-order valence-corrected chi connectivity index (χ3v) is 5.54. The Balaban J connectivity index is 2.05. The number of nitrogens with zero attached hydrogens (tertiary/aromatic N) is 1. The van der Waals surface area contributed by atoms with Crippen LogP contribution in [0, 0.1) is 20.8 Å². The van der Waals surface area contributed by atoms with Gasteiger partial charge in [0.05, 0.1) is 11.3 Å². The minimum absolute atomic E-state index is 0.104. The van der Waals surface area contributed by atoms with Gasteiger partial charge in [-0.25, -0.2) is 4.98 Å². The molecule has 0 aliphatic rings. The van der Waals surface area contributed by atoms with Gasteiger partial charge in [-0.3, -0.25) is 14.4 Å². The van der Waals surface area contributed by atoms with E-state index in [2.05, 4.69) is 4.98 Å². The number of carbonyl (C=O) groups is 3. The zero-order valence-corrected chi connectivity index (χ0v) is 17.6. The first-order valence-corrected chi connectivity index (χ1v) is 9.87. The zero-order valence-electron chi connectivity index (χ0n) is 16.0. The Morgan fingerprint density at radius 3 is 2.32 bits per heavy atom. The molecule has 2 rings (SSSR count). The number of nitrogens with two attached hydrogens (primary N) is 1. The normalized spacial score (nSPS) is 11.8. The molecule has 1 heterocycles. The molecule has 1 aromatic carbocycles. The number of rotatable bonds is 7. The van der Waals surface area contributed by atoms with Crippen molar-refractivity contribution in [3.63, 3.8) is 0 Å². The largest absolute Gasteiger partial charge is 0.454 e. The van der Waals surface area contributed by atoms with Crippen molar-refractivity contribution in [3.05, 3.63) is 57.2 Å². The highest BCUT2D eigenvalue weighted by Gasteiger charge is 2.22. The molecule has 8 heteroatoms. The Morgan fingerprint density at radius 2 is 1.75 bits per heavy atom. The Morgan fingerprint density at radius 1 is 1.14 bits per heavy atom. The van der Waals surface area contributed by atoms with Crippen molar-refractivity contribution in [1.82, 2.24) is 4.98 Å². The van der Waals surface area contributed by atoms with E-state index in [0.717, 1.165) is 28.6 Å². The molecule has 0 saturated carbocycles. The molecule has 28 heavy (non-hydrogen) atoms. The second-order valence-corrected chi connectivity index (χ2v) is 7.68. The number of thioether (sulfide) groups is 1. The molecule has 1 atom stereocenters. The van der Waals surface area contributed by atoms with Gasteiger partial charge >= 0.3 is 5.97 Å². The summed E-state index contributed by atoms with van der Waals surface area (Å²) in [5.74, 6) is -1.62. The Labute approximate surface area is 172 Å². The van der Waals surface area contributed by atoms with E-state index in [9.17, 15) is 14.4 Å². The third-order valence-electron chi connectivity index (χ3n) is 4.34. The number of esters is 1. The number of amides is 1. The molecule has 0 saturated heterocycles. The number of ether oxygens (including phenoxy) is 1.